The van der Waals surface area contributed by atoms with Crippen molar-refractivity contribution >= 4 is 0 Å². The van der Waals surface area contributed by atoms with Gasteiger partial charge in [0.25, 0.3) is 0 Å². The Hall–Kier alpha value is -2.56. The first-order valence-corrected chi connectivity index (χ1v) is 8.69. The van der Waals surface area contributed by atoms with Gasteiger partial charge in [-0.25, -0.2) is 0 Å². The Morgan fingerprint density at radius 2 is 1.19 bits per heavy atom. The number of phenols is 2. The zero-order chi connectivity index (χ0) is 19.3. The summed E-state index contributed by atoms with van der Waals surface area (Å²) in [7, 11) is 4.61. The van der Waals surface area contributed by atoms with Crippen LogP contribution in [0.1, 0.15) is 25.0 Å². The van der Waals surface area contributed by atoms with E-state index in [1.165, 1.54) is 14.2 Å². The van der Waals surface area contributed by atoms with Crippen LogP contribution in [0.4, 0.5) is 0 Å². The van der Waals surface area contributed by atoms with Gasteiger partial charge < -0.3 is 24.4 Å². The average Bonchev–Trinajstić information content (AvgIpc) is 2.64. The molecule has 0 saturated carbocycles. The highest BCUT2D eigenvalue weighted by atomic mass is 16.5. The van der Waals surface area contributed by atoms with Crippen molar-refractivity contribution < 1.29 is 24.4 Å². The Labute approximate surface area is 155 Å². The molecule has 0 spiro atoms. The minimum absolute atomic E-state index is 0.0237. The molecule has 0 aromatic heterocycles. The molecule has 2 aromatic carbocycles. The summed E-state index contributed by atoms with van der Waals surface area (Å²) in [6.07, 6.45) is 1.72. The summed E-state index contributed by atoms with van der Waals surface area (Å²) in [6, 6.07) is 9.18. The Morgan fingerprint density at radius 3 is 1.69 bits per heavy atom. The van der Waals surface area contributed by atoms with E-state index in [1.807, 2.05) is 24.3 Å². The fourth-order valence-corrected chi connectivity index (χ4v) is 3.06. The van der Waals surface area contributed by atoms with Crippen LogP contribution in [0.25, 0.3) is 0 Å². The van der Waals surface area contributed by atoms with Crippen molar-refractivity contribution in [1.29, 1.82) is 0 Å². The number of methoxy groups -OCH3 is 3. The Bertz CT molecular complexity index is 716. The molecule has 0 aliphatic heterocycles. The summed E-state index contributed by atoms with van der Waals surface area (Å²) in [6.45, 7) is 4.41. The van der Waals surface area contributed by atoms with E-state index in [2.05, 4.69) is 13.8 Å². The predicted molar refractivity (Wildman–Crippen MR) is 102 cm³/mol. The Balaban J connectivity index is 2.10. The quantitative estimate of drug-likeness (QED) is 0.739. The fraction of sp³-hybridized carbons (Fsp3) is 0.429. The number of rotatable bonds is 8. The summed E-state index contributed by atoms with van der Waals surface area (Å²) in [5, 5.41) is 19.8. The molecule has 0 fully saturated rings. The Morgan fingerprint density at radius 1 is 0.731 bits per heavy atom. The highest BCUT2D eigenvalue weighted by Gasteiger charge is 2.17. The van der Waals surface area contributed by atoms with E-state index in [-0.39, 0.29) is 11.5 Å². The topological polar surface area (TPSA) is 68.2 Å². The molecule has 2 atom stereocenters. The normalized spacial score (nSPS) is 13.1. The van der Waals surface area contributed by atoms with Crippen LogP contribution in [0.15, 0.2) is 30.3 Å². The minimum atomic E-state index is 0.0237. The third-order valence-corrected chi connectivity index (χ3v) is 4.87. The summed E-state index contributed by atoms with van der Waals surface area (Å²) < 4.78 is 15.7. The molecule has 0 aliphatic carbocycles. The zero-order valence-corrected chi connectivity index (χ0v) is 16.1. The van der Waals surface area contributed by atoms with Crippen LogP contribution in [0, 0.1) is 11.8 Å². The largest absolute Gasteiger partial charge is 0.504 e. The molecule has 26 heavy (non-hydrogen) atoms. The lowest BCUT2D eigenvalue weighted by molar-refractivity contribution is 0.336. The monoisotopic (exact) mass is 360 g/mol. The van der Waals surface area contributed by atoms with Crippen LogP contribution in [-0.4, -0.2) is 31.5 Å². The first kappa shape index (κ1) is 19.8. The Kier molecular flexibility index (Phi) is 6.61. The van der Waals surface area contributed by atoms with Crippen LogP contribution >= 0.6 is 0 Å². The van der Waals surface area contributed by atoms with Gasteiger partial charge in [-0.15, -0.1) is 0 Å². The van der Waals surface area contributed by atoms with Gasteiger partial charge in [0.15, 0.2) is 23.0 Å². The van der Waals surface area contributed by atoms with Gasteiger partial charge in [-0.1, -0.05) is 19.9 Å². The van der Waals surface area contributed by atoms with Gasteiger partial charge in [0.1, 0.15) is 0 Å². The lowest BCUT2D eigenvalue weighted by Crippen LogP contribution is -2.14. The third kappa shape index (κ3) is 4.54. The van der Waals surface area contributed by atoms with E-state index >= 15 is 0 Å². The predicted octanol–water partition coefficient (Wildman–Crippen LogP) is 4.18. The number of benzene rings is 2. The number of hydrogen-bond donors (Lipinski definition) is 2. The van der Waals surface area contributed by atoms with Crippen LogP contribution < -0.4 is 14.2 Å². The molecule has 0 heterocycles. The minimum Gasteiger partial charge on any atom is -0.504 e. The van der Waals surface area contributed by atoms with E-state index in [1.54, 1.807) is 13.2 Å². The first-order valence-electron chi connectivity index (χ1n) is 8.69. The highest BCUT2D eigenvalue weighted by molar-refractivity contribution is 5.52. The molecule has 0 bridgehead atoms. The van der Waals surface area contributed by atoms with Crippen molar-refractivity contribution in [3.05, 3.63) is 41.5 Å². The van der Waals surface area contributed by atoms with Gasteiger partial charge in [-0.3, -0.25) is 0 Å². The van der Waals surface area contributed by atoms with E-state index in [4.69, 9.17) is 14.2 Å². The molecule has 2 rings (SSSR count). The molecular weight excluding hydrogens is 332 g/mol. The molecule has 0 amide bonds. The summed E-state index contributed by atoms with van der Waals surface area (Å²) >= 11 is 0. The second-order valence-corrected chi connectivity index (χ2v) is 6.72. The summed E-state index contributed by atoms with van der Waals surface area (Å²) in [5.74, 6) is 2.32. The maximum absolute atomic E-state index is 10.0. The SMILES string of the molecule is COc1cc(C[C@H](C)[C@H](C)Cc2cc(OC)c(O)c(OC)c2)ccc1O. The third-order valence-electron chi connectivity index (χ3n) is 4.87. The van der Waals surface area contributed by atoms with Crippen molar-refractivity contribution in [2.75, 3.05) is 21.3 Å². The van der Waals surface area contributed by atoms with E-state index in [0.29, 0.717) is 29.1 Å². The number of aromatic hydroxyl groups is 2. The maximum atomic E-state index is 10.0. The molecule has 0 unspecified atom stereocenters. The smallest absolute Gasteiger partial charge is 0.200 e. The molecule has 2 N–H and O–H groups in total. The van der Waals surface area contributed by atoms with Crippen molar-refractivity contribution in [3.8, 4) is 28.7 Å². The second-order valence-electron chi connectivity index (χ2n) is 6.72. The van der Waals surface area contributed by atoms with Gasteiger partial charge in [0.2, 0.25) is 5.75 Å². The van der Waals surface area contributed by atoms with Gasteiger partial charge in [-0.05, 0) is 60.1 Å². The summed E-state index contributed by atoms with van der Waals surface area (Å²) in [5.41, 5.74) is 2.18. The van der Waals surface area contributed by atoms with Crippen LogP contribution in [0.2, 0.25) is 0 Å². The fourth-order valence-electron chi connectivity index (χ4n) is 3.06. The van der Waals surface area contributed by atoms with Gasteiger partial charge >= 0.3 is 0 Å². The number of ether oxygens (including phenoxy) is 3. The second kappa shape index (κ2) is 8.70. The molecule has 5 heteroatoms. The highest BCUT2D eigenvalue weighted by Crippen LogP contribution is 2.38. The van der Waals surface area contributed by atoms with Crippen molar-refractivity contribution in [2.24, 2.45) is 11.8 Å². The molecule has 0 radical (unpaired) electrons. The van der Waals surface area contributed by atoms with Gasteiger partial charge in [-0.2, -0.15) is 0 Å². The standard InChI is InChI=1S/C21H28O5/c1-13(8-15-6-7-17(22)18(10-15)24-3)14(2)9-16-11-19(25-4)21(23)20(12-16)26-5/h6-7,10-14,22-23H,8-9H2,1-5H3/t13-,14+/m0/s1. The van der Waals surface area contributed by atoms with Crippen LogP contribution in [0.3, 0.4) is 0 Å². The summed E-state index contributed by atoms with van der Waals surface area (Å²) in [4.78, 5) is 0. The number of hydrogen-bond acceptors (Lipinski definition) is 5. The van der Waals surface area contributed by atoms with E-state index < -0.39 is 0 Å². The van der Waals surface area contributed by atoms with E-state index in [0.717, 1.165) is 24.0 Å². The van der Waals surface area contributed by atoms with Gasteiger partial charge in [0.05, 0.1) is 21.3 Å². The van der Waals surface area contributed by atoms with Crippen LogP contribution in [-0.2, 0) is 12.8 Å². The first-order chi connectivity index (χ1) is 12.4. The van der Waals surface area contributed by atoms with Crippen molar-refractivity contribution in [3.63, 3.8) is 0 Å². The van der Waals surface area contributed by atoms with Crippen molar-refractivity contribution in [2.45, 2.75) is 26.7 Å². The molecular formula is C21H28O5. The lowest BCUT2D eigenvalue weighted by Gasteiger charge is -2.21. The number of phenolic OH excluding ortho intramolecular Hbond substituents is 2. The maximum Gasteiger partial charge on any atom is 0.200 e. The molecule has 0 saturated heterocycles. The molecule has 142 valence electrons. The molecule has 5 nitrogen and oxygen atoms in total. The van der Waals surface area contributed by atoms with E-state index in [9.17, 15) is 10.2 Å². The molecule has 2 aromatic rings. The van der Waals surface area contributed by atoms with Crippen molar-refractivity contribution in [1.82, 2.24) is 0 Å². The lowest BCUT2D eigenvalue weighted by atomic mass is 9.85. The van der Waals surface area contributed by atoms with Crippen LogP contribution in [0.5, 0.6) is 28.7 Å². The van der Waals surface area contributed by atoms with Gasteiger partial charge in [0, 0.05) is 0 Å². The average molecular weight is 360 g/mol. The zero-order valence-electron chi connectivity index (χ0n) is 16.1. The molecule has 0 aliphatic rings.